The quantitative estimate of drug-likeness (QED) is 0.820. The highest BCUT2D eigenvalue weighted by atomic mass is 16.4. The van der Waals surface area contributed by atoms with Crippen molar-refractivity contribution in [1.29, 1.82) is 0 Å². The van der Waals surface area contributed by atoms with Crippen molar-refractivity contribution in [1.82, 2.24) is 9.97 Å². The van der Waals surface area contributed by atoms with E-state index < -0.39 is 0 Å². The van der Waals surface area contributed by atoms with Crippen LogP contribution in [-0.4, -0.2) is 24.0 Å². The van der Waals surface area contributed by atoms with Crippen molar-refractivity contribution in [3.05, 3.63) is 35.5 Å². The predicted octanol–water partition coefficient (Wildman–Crippen LogP) is 1.86. The van der Waals surface area contributed by atoms with E-state index in [9.17, 15) is 0 Å². The van der Waals surface area contributed by atoms with Gasteiger partial charge in [-0.2, -0.15) is 4.98 Å². The SMILES string of the molecule is CCCNc1nc(Nc2ccc3c(c2)COB3)ncc1C. The molecule has 5 nitrogen and oxygen atoms in total. The Morgan fingerprint density at radius 2 is 2.29 bits per heavy atom. The molecule has 0 fully saturated rings. The number of hydrogen-bond acceptors (Lipinski definition) is 5. The highest BCUT2D eigenvalue weighted by Crippen LogP contribution is 2.18. The Hall–Kier alpha value is -2.08. The van der Waals surface area contributed by atoms with Gasteiger partial charge in [-0.3, -0.25) is 0 Å². The summed E-state index contributed by atoms with van der Waals surface area (Å²) < 4.78 is 5.43. The van der Waals surface area contributed by atoms with Crippen LogP contribution in [0.4, 0.5) is 17.5 Å². The molecule has 1 aliphatic rings. The molecule has 1 aliphatic heterocycles. The number of nitrogens with zero attached hydrogens (tertiary/aromatic N) is 2. The number of rotatable bonds is 5. The fraction of sp³-hybridized carbons (Fsp3) is 0.333. The highest BCUT2D eigenvalue weighted by molar-refractivity contribution is 6.48. The number of fused-ring (bicyclic) bond motifs is 1. The minimum Gasteiger partial charge on any atom is -0.430 e. The van der Waals surface area contributed by atoms with Crippen LogP contribution in [0.2, 0.25) is 0 Å². The van der Waals surface area contributed by atoms with Crippen LogP contribution < -0.4 is 16.1 Å². The molecule has 0 bridgehead atoms. The van der Waals surface area contributed by atoms with Crippen molar-refractivity contribution in [3.8, 4) is 0 Å². The summed E-state index contributed by atoms with van der Waals surface area (Å²) in [6, 6.07) is 6.23. The van der Waals surface area contributed by atoms with Gasteiger partial charge in [0, 0.05) is 24.0 Å². The van der Waals surface area contributed by atoms with E-state index >= 15 is 0 Å². The van der Waals surface area contributed by atoms with E-state index in [-0.39, 0.29) is 0 Å². The van der Waals surface area contributed by atoms with Crippen molar-refractivity contribution in [2.75, 3.05) is 17.2 Å². The maximum absolute atomic E-state index is 5.43. The van der Waals surface area contributed by atoms with Crippen LogP contribution in [0.25, 0.3) is 0 Å². The van der Waals surface area contributed by atoms with Gasteiger partial charge in [-0.1, -0.05) is 13.0 Å². The fourth-order valence-corrected chi connectivity index (χ4v) is 2.30. The summed E-state index contributed by atoms with van der Waals surface area (Å²) >= 11 is 0. The maximum Gasteiger partial charge on any atom is 0.309 e. The summed E-state index contributed by atoms with van der Waals surface area (Å²) in [5.41, 5.74) is 4.54. The summed E-state index contributed by atoms with van der Waals surface area (Å²) in [5.74, 6) is 1.50. The zero-order chi connectivity index (χ0) is 14.7. The molecule has 2 aromatic rings. The van der Waals surface area contributed by atoms with Crippen molar-refractivity contribution >= 4 is 30.4 Å². The third kappa shape index (κ3) is 3.16. The molecule has 0 spiro atoms. The number of aromatic nitrogens is 2. The van der Waals surface area contributed by atoms with Crippen LogP contribution in [-0.2, 0) is 11.3 Å². The monoisotopic (exact) mass is 282 g/mol. The first-order valence-electron chi connectivity index (χ1n) is 7.30. The smallest absolute Gasteiger partial charge is 0.309 e. The van der Waals surface area contributed by atoms with Gasteiger partial charge in [-0.05, 0) is 36.5 Å². The molecule has 0 radical (unpaired) electrons. The first kappa shape index (κ1) is 13.9. The molecular weight excluding hydrogens is 263 g/mol. The van der Waals surface area contributed by atoms with Crippen molar-refractivity contribution < 1.29 is 4.65 Å². The predicted molar refractivity (Wildman–Crippen MR) is 86.8 cm³/mol. The molecule has 2 N–H and O–H groups in total. The molecule has 0 saturated heterocycles. The second kappa shape index (κ2) is 6.14. The van der Waals surface area contributed by atoms with Crippen LogP contribution in [0, 0.1) is 6.92 Å². The highest BCUT2D eigenvalue weighted by Gasteiger charge is 2.13. The molecule has 1 aromatic heterocycles. The number of hydrogen-bond donors (Lipinski definition) is 2. The average molecular weight is 282 g/mol. The summed E-state index contributed by atoms with van der Waals surface area (Å²) in [5, 5.41) is 6.58. The van der Waals surface area contributed by atoms with Crippen molar-refractivity contribution in [2.45, 2.75) is 26.9 Å². The Labute approximate surface area is 125 Å². The molecule has 0 amide bonds. The topological polar surface area (TPSA) is 59.1 Å². The van der Waals surface area contributed by atoms with Crippen LogP contribution in [0.1, 0.15) is 24.5 Å². The van der Waals surface area contributed by atoms with Crippen LogP contribution >= 0.6 is 0 Å². The molecule has 1 aromatic carbocycles. The van der Waals surface area contributed by atoms with Gasteiger partial charge in [0.2, 0.25) is 5.95 Å². The van der Waals surface area contributed by atoms with Gasteiger partial charge in [0.05, 0.1) is 6.61 Å². The van der Waals surface area contributed by atoms with Gasteiger partial charge in [-0.25, -0.2) is 4.98 Å². The minimum absolute atomic E-state index is 0.609. The molecule has 0 atom stereocenters. The number of aryl methyl sites for hydroxylation is 1. The average Bonchev–Trinajstić information content (AvgIpc) is 2.95. The van der Waals surface area contributed by atoms with E-state index in [1.54, 1.807) is 0 Å². The van der Waals surface area contributed by atoms with Crippen LogP contribution in [0.15, 0.2) is 24.4 Å². The molecule has 0 saturated carbocycles. The lowest BCUT2D eigenvalue weighted by Crippen LogP contribution is -2.11. The van der Waals surface area contributed by atoms with Crippen LogP contribution in [0.3, 0.4) is 0 Å². The summed E-state index contributed by atoms with van der Waals surface area (Å²) in [6.07, 6.45) is 2.90. The van der Waals surface area contributed by atoms with Gasteiger partial charge in [0.15, 0.2) is 0 Å². The lowest BCUT2D eigenvalue weighted by atomic mass is 9.87. The number of benzene rings is 1. The third-order valence-electron chi connectivity index (χ3n) is 3.49. The standard InChI is InChI=1S/C15H19BN4O/c1-3-6-17-14-10(2)8-18-15(20-14)19-12-4-5-13-11(7-12)9-21-16-13/h4-5,7-8,16H,3,6,9H2,1-2H3,(H2,17,18,19,20). The van der Waals surface area contributed by atoms with Crippen molar-refractivity contribution in [2.24, 2.45) is 0 Å². The molecule has 0 aliphatic carbocycles. The second-order valence-corrected chi connectivity index (χ2v) is 5.25. The number of anilines is 3. The van der Waals surface area contributed by atoms with Gasteiger partial charge in [0.1, 0.15) is 5.82 Å². The van der Waals surface area contributed by atoms with E-state index in [2.05, 4.69) is 39.7 Å². The molecule has 108 valence electrons. The van der Waals surface area contributed by atoms with E-state index in [0.29, 0.717) is 20.0 Å². The second-order valence-electron chi connectivity index (χ2n) is 5.25. The van der Waals surface area contributed by atoms with E-state index in [1.165, 1.54) is 11.0 Å². The summed E-state index contributed by atoms with van der Waals surface area (Å²) in [4.78, 5) is 8.88. The molecule has 2 heterocycles. The lowest BCUT2D eigenvalue weighted by Gasteiger charge is -2.11. The van der Waals surface area contributed by atoms with Gasteiger partial charge in [0.25, 0.3) is 0 Å². The maximum atomic E-state index is 5.43. The van der Waals surface area contributed by atoms with E-state index in [0.717, 1.165) is 30.0 Å². The van der Waals surface area contributed by atoms with Crippen molar-refractivity contribution in [3.63, 3.8) is 0 Å². The van der Waals surface area contributed by atoms with Crippen LogP contribution in [0.5, 0.6) is 0 Å². The molecule has 6 heteroatoms. The Kier molecular flexibility index (Phi) is 4.06. The Balaban J connectivity index is 1.78. The zero-order valence-corrected chi connectivity index (χ0v) is 12.4. The minimum atomic E-state index is 0.609. The molecule has 0 unspecified atom stereocenters. The molecule has 3 rings (SSSR count). The molecule has 21 heavy (non-hydrogen) atoms. The van der Waals surface area contributed by atoms with Gasteiger partial charge in [-0.15, -0.1) is 0 Å². The van der Waals surface area contributed by atoms with E-state index in [1.807, 2.05) is 19.2 Å². The Morgan fingerprint density at radius 3 is 3.14 bits per heavy atom. The summed E-state index contributed by atoms with van der Waals surface area (Å²) in [6.45, 7) is 5.74. The Morgan fingerprint density at radius 1 is 1.38 bits per heavy atom. The molecular formula is C15H19BN4O. The fourth-order valence-electron chi connectivity index (χ4n) is 2.30. The summed E-state index contributed by atoms with van der Waals surface area (Å²) in [7, 11) is 0.710. The largest absolute Gasteiger partial charge is 0.430 e. The third-order valence-corrected chi connectivity index (χ3v) is 3.49. The van der Waals surface area contributed by atoms with Gasteiger partial charge >= 0.3 is 7.48 Å². The van der Waals surface area contributed by atoms with E-state index in [4.69, 9.17) is 4.65 Å². The lowest BCUT2D eigenvalue weighted by molar-refractivity contribution is 0.345. The van der Waals surface area contributed by atoms with Gasteiger partial charge < -0.3 is 15.3 Å². The normalized spacial score (nSPS) is 12.7. The first-order valence-corrected chi connectivity index (χ1v) is 7.30. The Bertz CT molecular complexity index is 648. The number of nitrogens with one attached hydrogen (secondary N) is 2. The first-order chi connectivity index (χ1) is 10.3. The zero-order valence-electron chi connectivity index (χ0n) is 12.4.